The topological polar surface area (TPSA) is 79.4 Å². The standard InChI is InChI=1S/C18H23N5O2/c1-23(2)14-3-4-16(21-10-14)18(24)22-9-13-5-7-20-12-17(13)25-15-6-8-19-11-15/h3-5,7,10,12,15,19H,6,8-9,11H2,1-2H3,(H,22,24)/t15-/m0/s1. The monoisotopic (exact) mass is 341 g/mol. The van der Waals surface area contributed by atoms with Crippen molar-refractivity contribution in [2.75, 3.05) is 32.1 Å². The second-order valence-electron chi connectivity index (χ2n) is 6.19. The Labute approximate surface area is 147 Å². The third-order valence-electron chi connectivity index (χ3n) is 4.12. The van der Waals surface area contributed by atoms with E-state index in [-0.39, 0.29) is 12.0 Å². The number of hydrogen-bond donors (Lipinski definition) is 2. The van der Waals surface area contributed by atoms with Crippen molar-refractivity contribution in [1.29, 1.82) is 0 Å². The minimum atomic E-state index is -0.212. The van der Waals surface area contributed by atoms with Gasteiger partial charge in [-0.3, -0.25) is 9.78 Å². The maximum atomic E-state index is 12.3. The lowest BCUT2D eigenvalue weighted by Crippen LogP contribution is -2.25. The quantitative estimate of drug-likeness (QED) is 0.822. The fraction of sp³-hybridized carbons (Fsp3) is 0.389. The Morgan fingerprint density at radius 3 is 2.92 bits per heavy atom. The molecule has 1 saturated heterocycles. The van der Waals surface area contributed by atoms with Crippen LogP contribution in [0.3, 0.4) is 0 Å². The number of nitrogens with one attached hydrogen (secondary N) is 2. The van der Waals surface area contributed by atoms with Crippen LogP contribution >= 0.6 is 0 Å². The van der Waals surface area contributed by atoms with Gasteiger partial charge < -0.3 is 20.3 Å². The minimum Gasteiger partial charge on any atom is -0.487 e. The highest BCUT2D eigenvalue weighted by molar-refractivity contribution is 5.92. The molecule has 0 unspecified atom stereocenters. The van der Waals surface area contributed by atoms with E-state index in [0.717, 1.165) is 30.8 Å². The summed E-state index contributed by atoms with van der Waals surface area (Å²) in [6.45, 7) is 2.17. The first-order valence-corrected chi connectivity index (χ1v) is 8.35. The molecule has 2 aromatic rings. The van der Waals surface area contributed by atoms with Crippen LogP contribution in [0, 0.1) is 0 Å². The molecule has 1 aliphatic heterocycles. The third-order valence-corrected chi connectivity index (χ3v) is 4.12. The maximum Gasteiger partial charge on any atom is 0.270 e. The van der Waals surface area contributed by atoms with Gasteiger partial charge in [-0.15, -0.1) is 0 Å². The normalized spacial score (nSPS) is 16.5. The number of amides is 1. The fourth-order valence-electron chi connectivity index (χ4n) is 2.62. The van der Waals surface area contributed by atoms with Crippen LogP contribution in [0.1, 0.15) is 22.5 Å². The first-order chi connectivity index (χ1) is 12.1. The summed E-state index contributed by atoms with van der Waals surface area (Å²) in [6, 6.07) is 5.45. The molecule has 7 heteroatoms. The molecule has 0 bridgehead atoms. The van der Waals surface area contributed by atoms with Crippen LogP contribution in [-0.2, 0) is 6.54 Å². The molecule has 1 fully saturated rings. The Kier molecular flexibility index (Phi) is 5.45. The Morgan fingerprint density at radius 1 is 1.36 bits per heavy atom. The molecular weight excluding hydrogens is 318 g/mol. The van der Waals surface area contributed by atoms with Gasteiger partial charge in [0, 0.05) is 38.9 Å². The number of carbonyl (C=O) groups excluding carboxylic acids is 1. The second-order valence-corrected chi connectivity index (χ2v) is 6.19. The van der Waals surface area contributed by atoms with Crippen LogP contribution in [0.5, 0.6) is 5.75 Å². The van der Waals surface area contributed by atoms with E-state index in [2.05, 4.69) is 20.6 Å². The van der Waals surface area contributed by atoms with Crippen molar-refractivity contribution in [3.63, 3.8) is 0 Å². The highest BCUT2D eigenvalue weighted by Crippen LogP contribution is 2.20. The van der Waals surface area contributed by atoms with E-state index in [4.69, 9.17) is 4.74 Å². The van der Waals surface area contributed by atoms with Crippen molar-refractivity contribution in [2.24, 2.45) is 0 Å². The fourth-order valence-corrected chi connectivity index (χ4v) is 2.62. The van der Waals surface area contributed by atoms with Gasteiger partial charge in [-0.1, -0.05) is 0 Å². The second kappa shape index (κ2) is 7.94. The first-order valence-electron chi connectivity index (χ1n) is 8.35. The summed E-state index contributed by atoms with van der Waals surface area (Å²) in [4.78, 5) is 22.6. The number of rotatable bonds is 6. The summed E-state index contributed by atoms with van der Waals surface area (Å²) >= 11 is 0. The minimum absolute atomic E-state index is 0.152. The SMILES string of the molecule is CN(C)c1ccc(C(=O)NCc2ccncc2O[C@H]2CCNC2)nc1. The Balaban J connectivity index is 1.61. The molecule has 25 heavy (non-hydrogen) atoms. The highest BCUT2D eigenvalue weighted by Gasteiger charge is 2.18. The molecule has 1 aliphatic rings. The van der Waals surface area contributed by atoms with E-state index < -0.39 is 0 Å². The van der Waals surface area contributed by atoms with E-state index in [1.807, 2.05) is 31.1 Å². The summed E-state index contributed by atoms with van der Waals surface area (Å²) in [7, 11) is 3.86. The zero-order valence-corrected chi connectivity index (χ0v) is 14.5. The average Bonchev–Trinajstić information content (AvgIpc) is 3.14. The smallest absolute Gasteiger partial charge is 0.270 e. The van der Waals surface area contributed by atoms with Crippen LogP contribution in [0.2, 0.25) is 0 Å². The van der Waals surface area contributed by atoms with E-state index in [1.165, 1.54) is 0 Å². The molecule has 0 aliphatic carbocycles. The number of aromatic nitrogens is 2. The molecule has 2 aromatic heterocycles. The number of carbonyl (C=O) groups is 1. The van der Waals surface area contributed by atoms with E-state index in [1.54, 1.807) is 24.7 Å². The van der Waals surface area contributed by atoms with Crippen molar-refractivity contribution in [3.8, 4) is 5.75 Å². The molecule has 0 radical (unpaired) electrons. The predicted molar refractivity (Wildman–Crippen MR) is 95.9 cm³/mol. The van der Waals surface area contributed by atoms with E-state index in [9.17, 15) is 4.79 Å². The van der Waals surface area contributed by atoms with Crippen molar-refractivity contribution in [2.45, 2.75) is 19.1 Å². The highest BCUT2D eigenvalue weighted by atomic mass is 16.5. The summed E-state index contributed by atoms with van der Waals surface area (Å²) in [5.41, 5.74) is 2.24. The van der Waals surface area contributed by atoms with Gasteiger partial charge >= 0.3 is 0 Å². The average molecular weight is 341 g/mol. The summed E-state index contributed by atoms with van der Waals surface area (Å²) in [5.74, 6) is 0.503. The molecule has 2 N–H and O–H groups in total. The third kappa shape index (κ3) is 4.45. The first kappa shape index (κ1) is 17.2. The van der Waals surface area contributed by atoms with Crippen molar-refractivity contribution < 1.29 is 9.53 Å². The molecule has 7 nitrogen and oxygen atoms in total. The molecular formula is C18H23N5O2. The van der Waals surface area contributed by atoms with Crippen molar-refractivity contribution >= 4 is 11.6 Å². The number of ether oxygens (including phenoxy) is 1. The van der Waals surface area contributed by atoms with E-state index >= 15 is 0 Å². The molecule has 132 valence electrons. The lowest BCUT2D eigenvalue weighted by molar-refractivity contribution is 0.0945. The lowest BCUT2D eigenvalue weighted by Gasteiger charge is -2.16. The van der Waals surface area contributed by atoms with Gasteiger partial charge in [0.25, 0.3) is 5.91 Å². The van der Waals surface area contributed by atoms with Crippen LogP contribution in [0.15, 0.2) is 36.8 Å². The Bertz CT molecular complexity index is 712. The summed E-state index contributed by atoms with van der Waals surface area (Å²) in [6.07, 6.45) is 6.21. The summed E-state index contributed by atoms with van der Waals surface area (Å²) in [5, 5.41) is 6.16. The zero-order valence-electron chi connectivity index (χ0n) is 14.5. The number of pyridine rings is 2. The molecule has 0 aromatic carbocycles. The zero-order chi connectivity index (χ0) is 17.6. The van der Waals surface area contributed by atoms with Gasteiger partial charge in [-0.2, -0.15) is 0 Å². The molecule has 0 saturated carbocycles. The Hall–Kier alpha value is -2.67. The van der Waals surface area contributed by atoms with Gasteiger partial charge in [-0.05, 0) is 31.2 Å². The molecule has 3 heterocycles. The van der Waals surface area contributed by atoms with Gasteiger partial charge in [0.05, 0.1) is 18.1 Å². The predicted octanol–water partition coefficient (Wildman–Crippen LogP) is 1.21. The lowest BCUT2D eigenvalue weighted by atomic mass is 10.2. The van der Waals surface area contributed by atoms with E-state index in [0.29, 0.717) is 18.0 Å². The maximum absolute atomic E-state index is 12.3. The van der Waals surface area contributed by atoms with Gasteiger partial charge in [-0.25, -0.2) is 4.98 Å². The van der Waals surface area contributed by atoms with Crippen LogP contribution in [0.25, 0.3) is 0 Å². The number of hydrogen-bond acceptors (Lipinski definition) is 6. The number of anilines is 1. The molecule has 3 rings (SSSR count). The molecule has 0 spiro atoms. The molecule has 1 amide bonds. The van der Waals surface area contributed by atoms with Crippen LogP contribution in [-0.4, -0.2) is 49.2 Å². The van der Waals surface area contributed by atoms with Crippen LogP contribution in [0.4, 0.5) is 5.69 Å². The van der Waals surface area contributed by atoms with Gasteiger partial charge in [0.1, 0.15) is 17.5 Å². The number of nitrogens with zero attached hydrogens (tertiary/aromatic N) is 3. The molecule has 1 atom stereocenters. The largest absolute Gasteiger partial charge is 0.487 e. The Morgan fingerprint density at radius 2 is 2.24 bits per heavy atom. The van der Waals surface area contributed by atoms with Gasteiger partial charge in [0.15, 0.2) is 0 Å². The summed E-state index contributed by atoms with van der Waals surface area (Å²) < 4.78 is 5.99. The van der Waals surface area contributed by atoms with Gasteiger partial charge in [0.2, 0.25) is 0 Å². The van der Waals surface area contributed by atoms with Crippen molar-refractivity contribution in [1.82, 2.24) is 20.6 Å². The van der Waals surface area contributed by atoms with Crippen molar-refractivity contribution in [3.05, 3.63) is 48.0 Å². The van der Waals surface area contributed by atoms with Crippen LogP contribution < -0.4 is 20.3 Å².